The highest BCUT2D eigenvalue weighted by Crippen LogP contribution is 2.31. The summed E-state index contributed by atoms with van der Waals surface area (Å²) >= 11 is 0. The molecule has 0 amide bonds. The molecule has 1 N–H and O–H groups in total. The number of nitrogens with one attached hydrogen (secondary N) is 1. The highest BCUT2D eigenvalue weighted by Gasteiger charge is 2.34. The lowest BCUT2D eigenvalue weighted by Crippen LogP contribution is -2.51. The standard InChI is InChI=1S/C16H26N2/c1-13-7-6-8-14(11-13)18-12-15(2,3)17-10-9-16(18,4)5/h6-8,11,17H,9-10,12H2,1-5H3. The summed E-state index contributed by atoms with van der Waals surface area (Å²) in [6.07, 6.45) is 1.17. The van der Waals surface area contributed by atoms with E-state index in [2.05, 4.69) is 69.1 Å². The van der Waals surface area contributed by atoms with E-state index in [0.29, 0.717) is 0 Å². The van der Waals surface area contributed by atoms with Crippen LogP contribution in [0.5, 0.6) is 0 Å². The zero-order valence-electron chi connectivity index (χ0n) is 12.4. The van der Waals surface area contributed by atoms with Gasteiger partial charge >= 0.3 is 0 Å². The molecule has 100 valence electrons. The fourth-order valence-electron chi connectivity index (χ4n) is 2.74. The van der Waals surface area contributed by atoms with Crippen LogP contribution in [0.4, 0.5) is 5.69 Å². The summed E-state index contributed by atoms with van der Waals surface area (Å²) in [4.78, 5) is 2.56. The highest BCUT2D eigenvalue weighted by atomic mass is 15.2. The first-order valence-corrected chi connectivity index (χ1v) is 6.90. The monoisotopic (exact) mass is 246 g/mol. The first-order chi connectivity index (χ1) is 8.30. The third-order valence-corrected chi connectivity index (χ3v) is 3.94. The molecule has 2 nitrogen and oxygen atoms in total. The molecule has 0 saturated carbocycles. The molecule has 0 aliphatic carbocycles. The molecule has 0 atom stereocenters. The third kappa shape index (κ3) is 2.86. The van der Waals surface area contributed by atoms with Gasteiger partial charge in [0.05, 0.1) is 0 Å². The molecule has 0 unspecified atom stereocenters. The number of rotatable bonds is 1. The molecule has 0 spiro atoms. The molecule has 1 heterocycles. The van der Waals surface area contributed by atoms with Crippen molar-refractivity contribution in [2.45, 2.75) is 52.1 Å². The van der Waals surface area contributed by atoms with Crippen LogP contribution < -0.4 is 10.2 Å². The predicted molar refractivity (Wildman–Crippen MR) is 79.3 cm³/mol. The van der Waals surface area contributed by atoms with Crippen LogP contribution in [0.2, 0.25) is 0 Å². The number of hydrogen-bond donors (Lipinski definition) is 1. The second kappa shape index (κ2) is 4.58. The molecular formula is C16H26N2. The summed E-state index contributed by atoms with van der Waals surface area (Å²) in [6.45, 7) is 13.6. The van der Waals surface area contributed by atoms with Crippen LogP contribution in [0.25, 0.3) is 0 Å². The van der Waals surface area contributed by atoms with E-state index in [4.69, 9.17) is 0 Å². The molecule has 1 fully saturated rings. The molecule has 2 heteroatoms. The SMILES string of the molecule is Cc1cccc(N2CC(C)(C)NCCC2(C)C)c1. The normalized spacial score (nSPS) is 22.6. The summed E-state index contributed by atoms with van der Waals surface area (Å²) in [5.41, 5.74) is 3.04. The van der Waals surface area contributed by atoms with E-state index in [1.54, 1.807) is 0 Å². The summed E-state index contributed by atoms with van der Waals surface area (Å²) in [7, 11) is 0. The Kier molecular flexibility index (Phi) is 3.41. The van der Waals surface area contributed by atoms with Crippen LogP contribution in [0.1, 0.15) is 39.7 Å². The van der Waals surface area contributed by atoms with Crippen LogP contribution in [0.15, 0.2) is 24.3 Å². The smallest absolute Gasteiger partial charge is 0.0373 e. The second-order valence-electron chi connectivity index (χ2n) is 6.80. The molecule has 1 saturated heterocycles. The number of benzene rings is 1. The van der Waals surface area contributed by atoms with Gasteiger partial charge in [0.25, 0.3) is 0 Å². The average molecular weight is 246 g/mol. The third-order valence-electron chi connectivity index (χ3n) is 3.94. The lowest BCUT2D eigenvalue weighted by Gasteiger charge is -2.41. The molecule has 0 radical (unpaired) electrons. The van der Waals surface area contributed by atoms with Crippen molar-refractivity contribution < 1.29 is 0 Å². The summed E-state index contributed by atoms with van der Waals surface area (Å²) in [5.74, 6) is 0. The highest BCUT2D eigenvalue weighted by molar-refractivity contribution is 5.51. The van der Waals surface area contributed by atoms with Crippen LogP contribution in [0, 0.1) is 6.92 Å². The maximum atomic E-state index is 3.65. The molecule has 1 aliphatic rings. The number of hydrogen-bond acceptors (Lipinski definition) is 2. The molecular weight excluding hydrogens is 220 g/mol. The Bertz CT molecular complexity index is 421. The van der Waals surface area contributed by atoms with Crippen molar-refractivity contribution >= 4 is 5.69 Å². The summed E-state index contributed by atoms with van der Waals surface area (Å²) < 4.78 is 0. The number of anilines is 1. The van der Waals surface area contributed by atoms with Crippen LogP contribution in [0.3, 0.4) is 0 Å². The Morgan fingerprint density at radius 3 is 2.56 bits per heavy atom. The van der Waals surface area contributed by atoms with Gasteiger partial charge in [-0.15, -0.1) is 0 Å². The Hall–Kier alpha value is -1.02. The molecule has 2 rings (SSSR count). The Morgan fingerprint density at radius 1 is 1.17 bits per heavy atom. The minimum Gasteiger partial charge on any atom is -0.365 e. The van der Waals surface area contributed by atoms with Crippen molar-refractivity contribution in [3.63, 3.8) is 0 Å². The van der Waals surface area contributed by atoms with Crippen molar-refractivity contribution in [1.29, 1.82) is 0 Å². The Balaban J connectivity index is 2.37. The van der Waals surface area contributed by atoms with Crippen molar-refractivity contribution in [3.05, 3.63) is 29.8 Å². The molecule has 0 bridgehead atoms. The van der Waals surface area contributed by atoms with Gasteiger partial charge in [0.2, 0.25) is 0 Å². The minimum atomic E-state index is 0.164. The van der Waals surface area contributed by atoms with Gasteiger partial charge in [0.1, 0.15) is 0 Å². The predicted octanol–water partition coefficient (Wildman–Crippen LogP) is 3.35. The van der Waals surface area contributed by atoms with Gasteiger partial charge in [-0.2, -0.15) is 0 Å². The lowest BCUT2D eigenvalue weighted by atomic mass is 9.96. The topological polar surface area (TPSA) is 15.3 Å². The molecule has 0 aromatic heterocycles. The van der Waals surface area contributed by atoms with E-state index in [1.807, 2.05) is 0 Å². The summed E-state index contributed by atoms with van der Waals surface area (Å²) in [6, 6.07) is 8.85. The van der Waals surface area contributed by atoms with E-state index >= 15 is 0 Å². The fraction of sp³-hybridized carbons (Fsp3) is 0.625. The van der Waals surface area contributed by atoms with E-state index in [1.165, 1.54) is 17.7 Å². The van der Waals surface area contributed by atoms with Crippen LogP contribution in [-0.2, 0) is 0 Å². The maximum Gasteiger partial charge on any atom is 0.0373 e. The van der Waals surface area contributed by atoms with Gasteiger partial charge in [-0.1, -0.05) is 12.1 Å². The van der Waals surface area contributed by atoms with Crippen molar-refractivity contribution in [2.75, 3.05) is 18.0 Å². The van der Waals surface area contributed by atoms with E-state index in [-0.39, 0.29) is 11.1 Å². The molecule has 1 aromatic carbocycles. The Labute approximate surface area is 111 Å². The summed E-state index contributed by atoms with van der Waals surface area (Å²) in [5, 5.41) is 3.65. The number of aryl methyl sites for hydroxylation is 1. The lowest BCUT2D eigenvalue weighted by molar-refractivity contribution is 0.409. The van der Waals surface area contributed by atoms with Crippen molar-refractivity contribution in [1.82, 2.24) is 5.32 Å². The van der Waals surface area contributed by atoms with E-state index < -0.39 is 0 Å². The van der Waals surface area contributed by atoms with Gasteiger partial charge < -0.3 is 10.2 Å². The molecule has 1 aliphatic heterocycles. The van der Waals surface area contributed by atoms with Gasteiger partial charge in [-0.3, -0.25) is 0 Å². The zero-order valence-corrected chi connectivity index (χ0v) is 12.4. The van der Waals surface area contributed by atoms with Crippen molar-refractivity contribution in [3.8, 4) is 0 Å². The van der Waals surface area contributed by atoms with Crippen molar-refractivity contribution in [2.24, 2.45) is 0 Å². The fourth-order valence-corrected chi connectivity index (χ4v) is 2.74. The molecule has 1 aromatic rings. The van der Waals surface area contributed by atoms with Gasteiger partial charge in [-0.25, -0.2) is 0 Å². The largest absolute Gasteiger partial charge is 0.365 e. The minimum absolute atomic E-state index is 0.164. The first-order valence-electron chi connectivity index (χ1n) is 6.90. The van der Waals surface area contributed by atoms with E-state index in [9.17, 15) is 0 Å². The van der Waals surface area contributed by atoms with Crippen LogP contribution in [-0.4, -0.2) is 24.2 Å². The Morgan fingerprint density at radius 2 is 1.89 bits per heavy atom. The van der Waals surface area contributed by atoms with Gasteiger partial charge in [-0.05, 0) is 65.3 Å². The second-order valence-corrected chi connectivity index (χ2v) is 6.80. The first kappa shape index (κ1) is 13.4. The quantitative estimate of drug-likeness (QED) is 0.817. The van der Waals surface area contributed by atoms with Gasteiger partial charge in [0.15, 0.2) is 0 Å². The average Bonchev–Trinajstić information content (AvgIpc) is 2.35. The zero-order chi connectivity index (χ0) is 13.4. The molecule has 18 heavy (non-hydrogen) atoms. The number of nitrogens with zero attached hydrogens (tertiary/aromatic N) is 1. The van der Waals surface area contributed by atoms with E-state index in [0.717, 1.165) is 13.1 Å². The van der Waals surface area contributed by atoms with Gasteiger partial charge in [0, 0.05) is 23.3 Å². The maximum absolute atomic E-state index is 3.65. The van der Waals surface area contributed by atoms with Crippen LogP contribution >= 0.6 is 0 Å².